The molecule has 9 heteroatoms. The van der Waals surface area contributed by atoms with Crippen molar-refractivity contribution in [2.45, 2.75) is 19.6 Å². The average Bonchev–Trinajstić information content (AvgIpc) is 3.37. The summed E-state index contributed by atoms with van der Waals surface area (Å²) in [4.78, 5) is 20.3. The van der Waals surface area contributed by atoms with Crippen molar-refractivity contribution in [3.63, 3.8) is 0 Å². The van der Waals surface area contributed by atoms with Crippen molar-refractivity contribution in [2.24, 2.45) is 0 Å². The minimum Gasteiger partial charge on any atom is -0.395 e. The van der Waals surface area contributed by atoms with Gasteiger partial charge in [-0.25, -0.2) is 0 Å². The number of halogens is 3. The van der Waals surface area contributed by atoms with Crippen molar-refractivity contribution in [2.75, 3.05) is 44.6 Å². The Hall–Kier alpha value is -4.10. The van der Waals surface area contributed by atoms with Gasteiger partial charge < -0.3 is 15.4 Å². The van der Waals surface area contributed by atoms with Gasteiger partial charge in [-0.05, 0) is 48.4 Å². The topological polar surface area (TPSA) is 71.6 Å². The number of H-pyrrole nitrogens is 1. The van der Waals surface area contributed by atoms with Crippen LogP contribution in [0.25, 0.3) is 10.9 Å². The molecule has 0 saturated carbocycles. The van der Waals surface area contributed by atoms with Crippen LogP contribution in [-0.2, 0) is 12.7 Å². The number of aliphatic hydroxyl groups excluding tert-OH is 1. The lowest BCUT2D eigenvalue weighted by atomic mass is 10.0. The fourth-order valence-electron chi connectivity index (χ4n) is 5.02. The van der Waals surface area contributed by atoms with Gasteiger partial charge in [0.2, 0.25) is 0 Å². The zero-order valence-corrected chi connectivity index (χ0v) is 22.7. The third-order valence-electron chi connectivity index (χ3n) is 7.37. The van der Waals surface area contributed by atoms with Gasteiger partial charge in [-0.1, -0.05) is 42.2 Å². The van der Waals surface area contributed by atoms with Gasteiger partial charge in [0.15, 0.2) is 0 Å². The molecule has 0 radical (unpaired) electrons. The van der Waals surface area contributed by atoms with Gasteiger partial charge in [0.05, 0.1) is 17.7 Å². The summed E-state index contributed by atoms with van der Waals surface area (Å²) in [5.41, 5.74) is 3.14. The van der Waals surface area contributed by atoms with E-state index in [1.807, 2.05) is 42.3 Å². The number of hydrogen-bond acceptors (Lipinski definition) is 4. The lowest BCUT2D eigenvalue weighted by Crippen LogP contribution is -2.46. The Kier molecular flexibility index (Phi) is 8.45. The van der Waals surface area contributed by atoms with Crippen molar-refractivity contribution in [3.05, 3.63) is 100 Å². The van der Waals surface area contributed by atoms with E-state index in [1.165, 1.54) is 12.1 Å². The molecule has 0 aliphatic carbocycles. The first-order valence-corrected chi connectivity index (χ1v) is 13.5. The second kappa shape index (κ2) is 12.2. The summed E-state index contributed by atoms with van der Waals surface area (Å²) >= 11 is 0. The highest BCUT2D eigenvalue weighted by atomic mass is 19.4. The van der Waals surface area contributed by atoms with Gasteiger partial charge in [-0.2, -0.15) is 13.2 Å². The predicted octanol–water partition coefficient (Wildman–Crippen LogP) is 5.26. The molecule has 4 aromatic rings. The number of amides is 1. The smallest absolute Gasteiger partial charge is 0.395 e. The van der Waals surface area contributed by atoms with Crippen LogP contribution in [0.4, 0.5) is 18.9 Å². The van der Waals surface area contributed by atoms with E-state index in [2.05, 4.69) is 27.0 Å². The van der Waals surface area contributed by atoms with Crippen LogP contribution in [0.2, 0.25) is 0 Å². The number of benzene rings is 3. The van der Waals surface area contributed by atoms with Gasteiger partial charge >= 0.3 is 6.18 Å². The van der Waals surface area contributed by atoms with Crippen LogP contribution in [0, 0.1) is 18.8 Å². The third-order valence-corrected chi connectivity index (χ3v) is 7.37. The lowest BCUT2D eigenvalue weighted by molar-refractivity contribution is -0.138. The number of aromatic amines is 1. The van der Waals surface area contributed by atoms with Crippen LogP contribution in [0.5, 0.6) is 0 Å². The Labute approximate surface area is 236 Å². The van der Waals surface area contributed by atoms with Crippen molar-refractivity contribution in [1.29, 1.82) is 0 Å². The Morgan fingerprint density at radius 2 is 1.71 bits per heavy atom. The number of hydrogen-bond donors (Lipinski definition) is 3. The minimum absolute atomic E-state index is 0.0632. The van der Waals surface area contributed by atoms with E-state index in [9.17, 15) is 18.0 Å². The van der Waals surface area contributed by atoms with Crippen molar-refractivity contribution in [3.8, 4) is 11.8 Å². The molecule has 5 rings (SSSR count). The number of aryl methyl sites for hydroxylation is 1. The highest BCUT2D eigenvalue weighted by molar-refractivity contribution is 6.04. The summed E-state index contributed by atoms with van der Waals surface area (Å²) < 4.78 is 42.1. The first-order valence-electron chi connectivity index (χ1n) is 13.5. The second-order valence-electron chi connectivity index (χ2n) is 10.2. The van der Waals surface area contributed by atoms with E-state index in [4.69, 9.17) is 5.11 Å². The van der Waals surface area contributed by atoms with Crippen LogP contribution in [0.15, 0.2) is 66.9 Å². The molecule has 0 unspecified atom stereocenters. The van der Waals surface area contributed by atoms with Crippen LogP contribution < -0.4 is 5.32 Å². The number of aliphatic hydroxyl groups is 1. The number of rotatable bonds is 6. The zero-order valence-electron chi connectivity index (χ0n) is 22.7. The van der Waals surface area contributed by atoms with Crippen LogP contribution in [0.1, 0.15) is 38.2 Å². The van der Waals surface area contributed by atoms with E-state index >= 15 is 0 Å². The number of alkyl halides is 3. The summed E-state index contributed by atoms with van der Waals surface area (Å²) in [6.45, 7) is 5.31. The molecule has 1 saturated heterocycles. The first kappa shape index (κ1) is 28.4. The molecule has 3 aromatic carbocycles. The molecule has 1 aromatic heterocycles. The molecule has 41 heavy (non-hydrogen) atoms. The quantitative estimate of drug-likeness (QED) is 0.282. The number of carbonyl (C=O) groups is 1. The van der Waals surface area contributed by atoms with E-state index in [-0.39, 0.29) is 24.4 Å². The third kappa shape index (κ3) is 6.80. The van der Waals surface area contributed by atoms with E-state index in [0.29, 0.717) is 43.9 Å². The summed E-state index contributed by atoms with van der Waals surface area (Å²) in [6.07, 6.45) is -2.73. The largest absolute Gasteiger partial charge is 0.416 e. The summed E-state index contributed by atoms with van der Waals surface area (Å²) in [7, 11) is 0. The number of β-amino-alcohol motifs (C(OH)–C–C–N with tert-alkyl or cyclic N) is 1. The fraction of sp³-hybridized carbons (Fsp3) is 0.281. The van der Waals surface area contributed by atoms with E-state index in [0.717, 1.165) is 28.1 Å². The fourth-order valence-corrected chi connectivity index (χ4v) is 5.02. The Morgan fingerprint density at radius 1 is 0.976 bits per heavy atom. The molecule has 0 spiro atoms. The van der Waals surface area contributed by atoms with Crippen molar-refractivity contribution >= 4 is 22.5 Å². The summed E-state index contributed by atoms with van der Waals surface area (Å²) in [5, 5.41) is 12.7. The SMILES string of the molecule is Cc1ccc(C(=O)Nc2ccc(CN3CCN(CCO)CC3)c(C(F)(F)F)c2)cc1C#Cc1c[nH]c2ccccc12. The molecule has 1 amide bonds. The first-order chi connectivity index (χ1) is 19.7. The molecule has 3 N–H and O–H groups in total. The molecule has 1 aliphatic heterocycles. The number of nitrogens with zero attached hydrogens (tertiary/aromatic N) is 2. The Balaban J connectivity index is 1.32. The van der Waals surface area contributed by atoms with Gasteiger partial charge in [-0.15, -0.1) is 0 Å². The van der Waals surface area contributed by atoms with Crippen molar-refractivity contribution < 1.29 is 23.1 Å². The minimum atomic E-state index is -4.57. The predicted molar refractivity (Wildman–Crippen MR) is 154 cm³/mol. The van der Waals surface area contributed by atoms with Gasteiger partial charge in [-0.3, -0.25) is 14.6 Å². The Morgan fingerprint density at radius 3 is 2.46 bits per heavy atom. The maximum absolute atomic E-state index is 14.0. The van der Waals surface area contributed by atoms with Gasteiger partial charge in [0.1, 0.15) is 0 Å². The highest BCUT2D eigenvalue weighted by Crippen LogP contribution is 2.35. The number of aromatic nitrogens is 1. The average molecular weight is 561 g/mol. The van der Waals surface area contributed by atoms with Gasteiger partial charge in [0.25, 0.3) is 5.91 Å². The maximum atomic E-state index is 14.0. The highest BCUT2D eigenvalue weighted by Gasteiger charge is 2.34. The molecular formula is C32H31F3N4O2. The molecule has 212 valence electrons. The standard InChI is InChI=1S/C32H31F3N4O2/c1-22-6-7-24(18-23(22)8-9-25-20-36-30-5-3-2-4-28(25)30)31(41)37-27-11-10-26(29(19-27)32(33,34)35)21-39-14-12-38(13-15-39)16-17-40/h2-7,10-11,18-20,36,40H,12-17,21H2,1H3,(H,37,41). The van der Waals surface area contributed by atoms with Crippen molar-refractivity contribution in [1.82, 2.24) is 14.8 Å². The van der Waals surface area contributed by atoms with Crippen LogP contribution in [-0.4, -0.2) is 65.1 Å². The molecule has 0 bridgehead atoms. The maximum Gasteiger partial charge on any atom is 0.416 e. The van der Waals surface area contributed by atoms with E-state index < -0.39 is 17.6 Å². The lowest BCUT2D eigenvalue weighted by Gasteiger charge is -2.34. The number of carbonyl (C=O) groups excluding carboxylic acids is 1. The summed E-state index contributed by atoms with van der Waals surface area (Å²) in [5.74, 6) is 5.78. The number of piperazine rings is 1. The Bertz CT molecular complexity index is 1610. The molecule has 1 fully saturated rings. The second-order valence-corrected chi connectivity index (χ2v) is 10.2. The normalized spacial score (nSPS) is 14.6. The van der Waals surface area contributed by atoms with E-state index in [1.54, 1.807) is 18.2 Å². The molecule has 6 nitrogen and oxygen atoms in total. The van der Waals surface area contributed by atoms with Gasteiger partial charge in [0, 0.05) is 73.2 Å². The number of para-hydroxylation sites is 1. The van der Waals surface area contributed by atoms with Crippen LogP contribution in [0.3, 0.4) is 0 Å². The van der Waals surface area contributed by atoms with Crippen LogP contribution >= 0.6 is 0 Å². The number of fused-ring (bicyclic) bond motifs is 1. The zero-order chi connectivity index (χ0) is 29.0. The molecule has 2 heterocycles. The monoisotopic (exact) mass is 560 g/mol. The number of nitrogens with one attached hydrogen (secondary N) is 2. The molecule has 0 atom stereocenters. The summed E-state index contributed by atoms with van der Waals surface area (Å²) in [6, 6.07) is 16.8. The molecule has 1 aliphatic rings. The molecular weight excluding hydrogens is 529 g/mol. The number of anilines is 1.